The number of benzene rings is 1. The smallest absolute Gasteiger partial charge is 0.123 e. The fourth-order valence-corrected chi connectivity index (χ4v) is 1.58. The molecule has 0 aliphatic heterocycles. The number of hydrogen-bond acceptors (Lipinski definition) is 1. The lowest BCUT2D eigenvalue weighted by atomic mass is 10.0. The number of pyridine rings is 1. The molecule has 1 heterocycles. The van der Waals surface area contributed by atoms with Crippen LogP contribution in [0.3, 0.4) is 0 Å². The first kappa shape index (κ1) is 9.84. The highest BCUT2D eigenvalue weighted by Gasteiger charge is 2.02. The SMILES string of the molecule is Cc1ccc(-c2ccc(F)cc2C)cn1. The lowest BCUT2D eigenvalue weighted by Gasteiger charge is -2.05. The van der Waals surface area contributed by atoms with Crippen LogP contribution in [-0.2, 0) is 0 Å². The van der Waals surface area contributed by atoms with E-state index in [1.165, 1.54) is 12.1 Å². The molecule has 0 radical (unpaired) electrons. The van der Waals surface area contributed by atoms with Crippen molar-refractivity contribution in [2.75, 3.05) is 0 Å². The Balaban J connectivity index is 2.49. The third kappa shape index (κ3) is 2.04. The minimum atomic E-state index is -0.198. The largest absolute Gasteiger partial charge is 0.261 e. The Morgan fingerprint density at radius 2 is 1.87 bits per heavy atom. The van der Waals surface area contributed by atoms with Crippen LogP contribution in [0.5, 0.6) is 0 Å². The second kappa shape index (κ2) is 3.81. The van der Waals surface area contributed by atoms with E-state index < -0.39 is 0 Å². The zero-order valence-electron chi connectivity index (χ0n) is 8.79. The Morgan fingerprint density at radius 1 is 1.07 bits per heavy atom. The van der Waals surface area contributed by atoms with Gasteiger partial charge in [-0.1, -0.05) is 12.1 Å². The molecule has 1 aromatic carbocycles. The van der Waals surface area contributed by atoms with Crippen molar-refractivity contribution in [2.45, 2.75) is 13.8 Å². The normalized spacial score (nSPS) is 10.3. The number of aromatic nitrogens is 1. The highest BCUT2D eigenvalue weighted by atomic mass is 19.1. The predicted octanol–water partition coefficient (Wildman–Crippen LogP) is 3.50. The molecule has 0 atom stereocenters. The fraction of sp³-hybridized carbons (Fsp3) is 0.154. The molecule has 2 rings (SSSR count). The van der Waals surface area contributed by atoms with Gasteiger partial charge in [0.2, 0.25) is 0 Å². The molecule has 0 saturated heterocycles. The van der Waals surface area contributed by atoms with Crippen molar-refractivity contribution in [2.24, 2.45) is 0 Å². The second-order valence-corrected chi connectivity index (χ2v) is 3.65. The third-order valence-electron chi connectivity index (χ3n) is 2.41. The molecule has 1 nitrogen and oxygen atoms in total. The summed E-state index contributed by atoms with van der Waals surface area (Å²) in [4.78, 5) is 4.23. The van der Waals surface area contributed by atoms with Gasteiger partial charge >= 0.3 is 0 Å². The molecular weight excluding hydrogens is 189 g/mol. The Labute approximate surface area is 88.6 Å². The van der Waals surface area contributed by atoms with E-state index >= 15 is 0 Å². The number of rotatable bonds is 1. The average molecular weight is 201 g/mol. The van der Waals surface area contributed by atoms with Gasteiger partial charge < -0.3 is 0 Å². The number of hydrogen-bond donors (Lipinski definition) is 0. The molecule has 0 spiro atoms. The summed E-state index contributed by atoms with van der Waals surface area (Å²) in [6.07, 6.45) is 1.82. The molecule has 0 aliphatic rings. The summed E-state index contributed by atoms with van der Waals surface area (Å²) in [6.45, 7) is 3.85. The van der Waals surface area contributed by atoms with Crippen LogP contribution in [0.4, 0.5) is 4.39 Å². The van der Waals surface area contributed by atoms with Crippen molar-refractivity contribution >= 4 is 0 Å². The lowest BCUT2D eigenvalue weighted by Crippen LogP contribution is -1.87. The summed E-state index contributed by atoms with van der Waals surface area (Å²) < 4.78 is 12.9. The Kier molecular flexibility index (Phi) is 2.50. The molecule has 2 heteroatoms. The predicted molar refractivity (Wildman–Crippen MR) is 59.1 cm³/mol. The molecule has 2 aromatic rings. The van der Waals surface area contributed by atoms with Crippen LogP contribution in [-0.4, -0.2) is 4.98 Å². The summed E-state index contributed by atoms with van der Waals surface area (Å²) in [5.41, 5.74) is 3.97. The van der Waals surface area contributed by atoms with E-state index in [4.69, 9.17) is 0 Å². The summed E-state index contributed by atoms with van der Waals surface area (Å²) in [7, 11) is 0. The molecule has 76 valence electrons. The maximum absolute atomic E-state index is 12.9. The molecule has 0 bridgehead atoms. The van der Waals surface area contributed by atoms with Crippen molar-refractivity contribution in [3.63, 3.8) is 0 Å². The molecule has 0 saturated carbocycles. The zero-order valence-corrected chi connectivity index (χ0v) is 8.79. The van der Waals surface area contributed by atoms with Crippen LogP contribution in [0.2, 0.25) is 0 Å². The van der Waals surface area contributed by atoms with E-state index in [2.05, 4.69) is 4.98 Å². The van der Waals surface area contributed by atoms with Crippen LogP contribution in [0.15, 0.2) is 36.5 Å². The van der Waals surface area contributed by atoms with Gasteiger partial charge in [0.25, 0.3) is 0 Å². The summed E-state index contributed by atoms with van der Waals surface area (Å²) >= 11 is 0. The van der Waals surface area contributed by atoms with Crippen LogP contribution < -0.4 is 0 Å². The first-order valence-electron chi connectivity index (χ1n) is 4.86. The van der Waals surface area contributed by atoms with Crippen LogP contribution in [0.25, 0.3) is 11.1 Å². The van der Waals surface area contributed by atoms with E-state index in [9.17, 15) is 4.39 Å². The van der Waals surface area contributed by atoms with Crippen LogP contribution in [0, 0.1) is 19.7 Å². The Morgan fingerprint density at radius 3 is 2.47 bits per heavy atom. The minimum absolute atomic E-state index is 0.198. The van der Waals surface area contributed by atoms with E-state index in [1.54, 1.807) is 6.07 Å². The molecule has 15 heavy (non-hydrogen) atoms. The Bertz CT molecular complexity index is 474. The van der Waals surface area contributed by atoms with Gasteiger partial charge in [0.1, 0.15) is 5.82 Å². The van der Waals surface area contributed by atoms with Crippen molar-refractivity contribution in [1.82, 2.24) is 4.98 Å². The molecule has 0 amide bonds. The first-order valence-corrected chi connectivity index (χ1v) is 4.86. The number of aryl methyl sites for hydroxylation is 2. The van der Waals surface area contributed by atoms with E-state index in [-0.39, 0.29) is 5.82 Å². The summed E-state index contributed by atoms with van der Waals surface area (Å²) in [6, 6.07) is 8.76. The molecule has 0 fully saturated rings. The van der Waals surface area contributed by atoms with Gasteiger partial charge in [0.15, 0.2) is 0 Å². The van der Waals surface area contributed by atoms with Gasteiger partial charge in [-0.2, -0.15) is 0 Å². The highest BCUT2D eigenvalue weighted by Crippen LogP contribution is 2.23. The molecule has 0 unspecified atom stereocenters. The summed E-state index contributed by atoms with van der Waals surface area (Å²) in [5.74, 6) is -0.198. The molecular formula is C13H12FN. The third-order valence-corrected chi connectivity index (χ3v) is 2.41. The molecule has 0 N–H and O–H groups in total. The molecule has 0 aliphatic carbocycles. The van der Waals surface area contributed by atoms with Crippen molar-refractivity contribution < 1.29 is 4.39 Å². The van der Waals surface area contributed by atoms with Crippen LogP contribution >= 0.6 is 0 Å². The number of nitrogens with zero attached hydrogens (tertiary/aromatic N) is 1. The number of halogens is 1. The molecule has 1 aromatic heterocycles. The van der Waals surface area contributed by atoms with E-state index in [0.717, 1.165) is 22.4 Å². The first-order chi connectivity index (χ1) is 7.16. The highest BCUT2D eigenvalue weighted by molar-refractivity contribution is 5.66. The fourth-order valence-electron chi connectivity index (χ4n) is 1.58. The van der Waals surface area contributed by atoms with E-state index in [1.807, 2.05) is 32.2 Å². The van der Waals surface area contributed by atoms with Crippen LogP contribution in [0.1, 0.15) is 11.3 Å². The Hall–Kier alpha value is -1.70. The van der Waals surface area contributed by atoms with Gasteiger partial charge in [-0.3, -0.25) is 4.98 Å². The minimum Gasteiger partial charge on any atom is -0.261 e. The van der Waals surface area contributed by atoms with Gasteiger partial charge in [-0.25, -0.2) is 4.39 Å². The topological polar surface area (TPSA) is 12.9 Å². The maximum Gasteiger partial charge on any atom is 0.123 e. The lowest BCUT2D eigenvalue weighted by molar-refractivity contribution is 0.627. The summed E-state index contributed by atoms with van der Waals surface area (Å²) in [5, 5.41) is 0. The monoisotopic (exact) mass is 201 g/mol. The van der Waals surface area contributed by atoms with Gasteiger partial charge in [0.05, 0.1) is 0 Å². The van der Waals surface area contributed by atoms with Crippen molar-refractivity contribution in [1.29, 1.82) is 0 Å². The standard InChI is InChI=1S/C13H12FN/c1-9-7-12(14)5-6-13(9)11-4-3-10(2)15-8-11/h3-8H,1-2H3. The van der Waals surface area contributed by atoms with Crippen molar-refractivity contribution in [3.05, 3.63) is 53.6 Å². The average Bonchev–Trinajstić information content (AvgIpc) is 2.20. The second-order valence-electron chi connectivity index (χ2n) is 3.65. The zero-order chi connectivity index (χ0) is 10.8. The quantitative estimate of drug-likeness (QED) is 0.688. The van der Waals surface area contributed by atoms with Gasteiger partial charge in [-0.15, -0.1) is 0 Å². The van der Waals surface area contributed by atoms with Gasteiger partial charge in [-0.05, 0) is 43.2 Å². The maximum atomic E-state index is 12.9. The van der Waals surface area contributed by atoms with Gasteiger partial charge in [0, 0.05) is 17.5 Å². The van der Waals surface area contributed by atoms with Crippen molar-refractivity contribution in [3.8, 4) is 11.1 Å². The van der Waals surface area contributed by atoms with E-state index in [0.29, 0.717) is 0 Å².